The molecule has 0 N–H and O–H groups in total. The van der Waals surface area contributed by atoms with Gasteiger partial charge < -0.3 is 4.74 Å². The first-order chi connectivity index (χ1) is 10.2. The van der Waals surface area contributed by atoms with Gasteiger partial charge in [0.15, 0.2) is 5.66 Å². The summed E-state index contributed by atoms with van der Waals surface area (Å²) in [6.45, 7) is 2.33. The van der Waals surface area contributed by atoms with Gasteiger partial charge in [0, 0.05) is 7.26 Å². The van der Waals surface area contributed by atoms with Crippen LogP contribution in [0.4, 0.5) is 0 Å². The number of hydrogen-bond acceptors (Lipinski definition) is 3. The lowest BCUT2D eigenvalue weighted by molar-refractivity contribution is -0.151. The second-order valence-electron chi connectivity index (χ2n) is 5.83. The summed E-state index contributed by atoms with van der Waals surface area (Å²) < 4.78 is 4.72. The third-order valence-electron chi connectivity index (χ3n) is 4.53. The predicted octanol–water partition coefficient (Wildman–Crippen LogP) is 3.87. The van der Waals surface area contributed by atoms with Crippen LogP contribution >= 0.6 is 7.26 Å². The average Bonchev–Trinajstić information content (AvgIpc) is 2.50. The molecule has 0 spiro atoms. The van der Waals surface area contributed by atoms with E-state index in [4.69, 9.17) is 4.74 Å². The summed E-state index contributed by atoms with van der Waals surface area (Å²) in [5, 5.41) is 0. The molecule has 3 nitrogen and oxygen atoms in total. The molecule has 114 valence electrons. The fraction of sp³-hybridized carbons (Fsp3) is 0.529. The van der Waals surface area contributed by atoms with Crippen LogP contribution in [0.5, 0.6) is 0 Å². The molecule has 0 saturated carbocycles. The molecular formula is C17H24O3P+. The normalized spacial score (nSPS) is 18.7. The highest BCUT2D eigenvalue weighted by molar-refractivity contribution is 7.76. The smallest absolute Gasteiger partial charge is 0.354 e. The first kappa shape index (κ1) is 16.2. The minimum Gasteiger partial charge on any atom is -0.393 e. The second-order valence-corrected chi connectivity index (χ2v) is 10.1. The number of benzene rings is 1. The van der Waals surface area contributed by atoms with Crippen LogP contribution in [0, 0.1) is 0 Å². The number of ether oxygens (including phenoxy) is 1. The van der Waals surface area contributed by atoms with Gasteiger partial charge in [-0.1, -0.05) is 37.3 Å². The second kappa shape index (κ2) is 7.70. The molecule has 1 aromatic carbocycles. The third kappa shape index (κ3) is 3.91. The third-order valence-corrected chi connectivity index (χ3v) is 9.84. The molecule has 2 rings (SSSR count). The standard InChI is InChI=1S/C17H24O3P/c1-2-16(17(19)20-14-18)21(11-7-4-8-12-21)13-15-9-5-3-6-10-15/h3,5-6,9-10,14,16H,2,4,7-8,11-13H2,1H3/q+1. The Bertz CT molecular complexity index is 466. The van der Waals surface area contributed by atoms with Gasteiger partial charge in [0.05, 0.1) is 18.5 Å². The van der Waals surface area contributed by atoms with Crippen LogP contribution in [-0.4, -0.2) is 30.4 Å². The average molecular weight is 307 g/mol. The van der Waals surface area contributed by atoms with Crippen LogP contribution in [0.1, 0.15) is 38.2 Å². The summed E-state index contributed by atoms with van der Waals surface area (Å²) in [7, 11) is -1.44. The Labute approximate surface area is 127 Å². The van der Waals surface area contributed by atoms with Crippen LogP contribution in [-0.2, 0) is 20.5 Å². The van der Waals surface area contributed by atoms with E-state index in [-0.39, 0.29) is 18.1 Å². The molecule has 0 radical (unpaired) electrons. The van der Waals surface area contributed by atoms with Crippen LogP contribution in [0.15, 0.2) is 30.3 Å². The van der Waals surface area contributed by atoms with Gasteiger partial charge in [0.1, 0.15) is 0 Å². The Kier molecular flexibility index (Phi) is 5.93. The summed E-state index contributed by atoms with van der Waals surface area (Å²) in [6.07, 6.45) is 7.73. The van der Waals surface area contributed by atoms with Crippen molar-refractivity contribution in [3.8, 4) is 0 Å². The molecule has 1 aromatic rings. The van der Waals surface area contributed by atoms with Crippen molar-refractivity contribution in [1.29, 1.82) is 0 Å². The van der Waals surface area contributed by atoms with E-state index in [0.717, 1.165) is 24.9 Å². The molecule has 1 aliphatic heterocycles. The van der Waals surface area contributed by atoms with Crippen molar-refractivity contribution in [1.82, 2.24) is 0 Å². The lowest BCUT2D eigenvalue weighted by Gasteiger charge is -2.35. The van der Waals surface area contributed by atoms with Gasteiger partial charge in [-0.25, -0.2) is 4.79 Å². The molecule has 21 heavy (non-hydrogen) atoms. The maximum atomic E-state index is 12.2. The van der Waals surface area contributed by atoms with Crippen molar-refractivity contribution >= 4 is 19.7 Å². The van der Waals surface area contributed by atoms with Crippen molar-refractivity contribution in [3.05, 3.63) is 35.9 Å². The van der Waals surface area contributed by atoms with Gasteiger partial charge in [0.25, 0.3) is 0 Å². The largest absolute Gasteiger partial charge is 0.393 e. The fourth-order valence-electron chi connectivity index (χ4n) is 3.57. The molecule has 1 aliphatic rings. The molecule has 4 heteroatoms. The number of carbonyl (C=O) groups excluding carboxylic acids is 2. The number of carbonyl (C=O) groups is 2. The molecular weight excluding hydrogens is 283 g/mol. The van der Waals surface area contributed by atoms with Gasteiger partial charge in [0.2, 0.25) is 0 Å². The van der Waals surface area contributed by atoms with Gasteiger partial charge in [-0.3, -0.25) is 4.79 Å². The van der Waals surface area contributed by atoms with E-state index in [2.05, 4.69) is 24.3 Å². The SMILES string of the molecule is CCC(C(=O)OC=O)[P+]1(Cc2ccccc2)CCCCC1. The summed E-state index contributed by atoms with van der Waals surface area (Å²) in [5.41, 5.74) is 1.23. The highest BCUT2D eigenvalue weighted by Gasteiger charge is 2.50. The number of esters is 1. The van der Waals surface area contributed by atoms with E-state index >= 15 is 0 Å². The van der Waals surface area contributed by atoms with Gasteiger partial charge >= 0.3 is 12.4 Å². The Morgan fingerprint density at radius 1 is 1.24 bits per heavy atom. The molecule has 1 fully saturated rings. The lowest BCUT2D eigenvalue weighted by atomic mass is 10.2. The monoisotopic (exact) mass is 307 g/mol. The summed E-state index contributed by atoms with van der Waals surface area (Å²) >= 11 is 0. The van der Waals surface area contributed by atoms with Crippen molar-refractivity contribution in [3.63, 3.8) is 0 Å². The minimum absolute atomic E-state index is 0.0804. The first-order valence-electron chi connectivity index (χ1n) is 7.75. The highest BCUT2D eigenvalue weighted by Crippen LogP contribution is 2.69. The Morgan fingerprint density at radius 3 is 2.48 bits per heavy atom. The maximum absolute atomic E-state index is 12.2. The Morgan fingerprint density at radius 2 is 1.90 bits per heavy atom. The van der Waals surface area contributed by atoms with Crippen molar-refractivity contribution in [2.75, 3.05) is 12.3 Å². The molecule has 0 amide bonds. The van der Waals surface area contributed by atoms with Crippen LogP contribution in [0.2, 0.25) is 0 Å². The van der Waals surface area contributed by atoms with E-state index in [1.165, 1.54) is 24.8 Å². The summed E-state index contributed by atoms with van der Waals surface area (Å²) in [5.74, 6) is -0.307. The maximum Gasteiger partial charge on any atom is 0.354 e. The number of rotatable bonds is 6. The predicted molar refractivity (Wildman–Crippen MR) is 86.9 cm³/mol. The molecule has 1 heterocycles. The van der Waals surface area contributed by atoms with Crippen molar-refractivity contribution in [2.24, 2.45) is 0 Å². The van der Waals surface area contributed by atoms with E-state index in [0.29, 0.717) is 0 Å². The van der Waals surface area contributed by atoms with Gasteiger partial charge in [-0.2, -0.15) is 0 Å². The first-order valence-corrected chi connectivity index (χ1v) is 10.2. The summed E-state index contributed by atoms with van der Waals surface area (Å²) in [4.78, 5) is 22.8. The summed E-state index contributed by atoms with van der Waals surface area (Å²) in [6, 6.07) is 10.4. The zero-order valence-corrected chi connectivity index (χ0v) is 13.6. The van der Waals surface area contributed by atoms with E-state index in [1.807, 2.05) is 13.0 Å². The minimum atomic E-state index is -1.44. The topological polar surface area (TPSA) is 43.4 Å². The molecule has 1 atom stereocenters. The zero-order chi connectivity index (χ0) is 15.1. The molecule has 0 aromatic heterocycles. The number of hydrogen-bond donors (Lipinski definition) is 0. The molecule has 1 unspecified atom stereocenters. The molecule has 1 saturated heterocycles. The van der Waals surface area contributed by atoms with Gasteiger partial charge in [-0.15, -0.1) is 0 Å². The quantitative estimate of drug-likeness (QED) is 0.347. The van der Waals surface area contributed by atoms with Crippen LogP contribution in [0.3, 0.4) is 0 Å². The van der Waals surface area contributed by atoms with Crippen LogP contribution < -0.4 is 0 Å². The highest BCUT2D eigenvalue weighted by atomic mass is 31.2. The molecule has 0 aliphatic carbocycles. The Balaban J connectivity index is 2.26. The lowest BCUT2D eigenvalue weighted by Crippen LogP contribution is -2.31. The van der Waals surface area contributed by atoms with E-state index in [9.17, 15) is 9.59 Å². The fourth-order valence-corrected chi connectivity index (χ4v) is 8.88. The van der Waals surface area contributed by atoms with E-state index in [1.54, 1.807) is 0 Å². The Hall–Kier alpha value is -1.21. The van der Waals surface area contributed by atoms with Crippen molar-refractivity contribution in [2.45, 2.75) is 44.4 Å². The zero-order valence-electron chi connectivity index (χ0n) is 12.7. The van der Waals surface area contributed by atoms with E-state index < -0.39 is 7.26 Å². The van der Waals surface area contributed by atoms with Crippen molar-refractivity contribution < 1.29 is 14.3 Å². The van der Waals surface area contributed by atoms with Gasteiger partial charge in [-0.05, 0) is 31.2 Å². The molecule has 0 bridgehead atoms. The van der Waals surface area contributed by atoms with Crippen LogP contribution in [0.25, 0.3) is 0 Å².